The van der Waals surface area contributed by atoms with E-state index in [0.29, 0.717) is 12.3 Å². The van der Waals surface area contributed by atoms with Gasteiger partial charge in [-0.2, -0.15) is 4.98 Å². The van der Waals surface area contributed by atoms with Gasteiger partial charge in [0, 0.05) is 31.3 Å². The topological polar surface area (TPSA) is 59.2 Å². The monoisotopic (exact) mass is 247 g/mol. The summed E-state index contributed by atoms with van der Waals surface area (Å²) in [6.45, 7) is 1.71. The first kappa shape index (κ1) is 10.5. The van der Waals surface area contributed by atoms with Crippen LogP contribution in [0.1, 0.15) is 55.7 Å². The van der Waals surface area contributed by atoms with Crippen molar-refractivity contribution in [2.24, 2.45) is 5.92 Å². The maximum atomic E-state index is 11.9. The fourth-order valence-corrected chi connectivity index (χ4v) is 2.64. The number of likely N-dealkylation sites (tertiary alicyclic amines) is 1. The molecule has 2 saturated carbocycles. The number of hydrogen-bond donors (Lipinski definition) is 0. The van der Waals surface area contributed by atoms with Gasteiger partial charge in [-0.3, -0.25) is 4.79 Å². The highest BCUT2D eigenvalue weighted by atomic mass is 16.5. The molecular formula is C13H17N3O2. The molecule has 2 heterocycles. The van der Waals surface area contributed by atoms with Crippen LogP contribution in [0.5, 0.6) is 0 Å². The van der Waals surface area contributed by atoms with Crippen molar-refractivity contribution in [3.63, 3.8) is 0 Å². The molecule has 2 aliphatic carbocycles. The first-order chi connectivity index (χ1) is 8.79. The highest BCUT2D eigenvalue weighted by Crippen LogP contribution is 2.40. The number of hydrogen-bond acceptors (Lipinski definition) is 4. The lowest BCUT2D eigenvalue weighted by molar-refractivity contribution is -0.127. The lowest BCUT2D eigenvalue weighted by atomic mass is 10.1. The molecule has 0 radical (unpaired) electrons. The molecule has 1 aromatic rings. The van der Waals surface area contributed by atoms with Crippen LogP contribution in [-0.4, -0.2) is 34.0 Å². The number of aromatic nitrogens is 2. The zero-order chi connectivity index (χ0) is 12.1. The van der Waals surface area contributed by atoms with Gasteiger partial charge in [0.25, 0.3) is 0 Å². The summed E-state index contributed by atoms with van der Waals surface area (Å²) in [6, 6.07) is 0. The van der Waals surface area contributed by atoms with Crippen molar-refractivity contribution < 1.29 is 9.32 Å². The minimum absolute atomic E-state index is 0.146. The molecule has 3 fully saturated rings. The third-order valence-corrected chi connectivity index (χ3v) is 4.14. The number of carbonyl (C=O) groups excluding carboxylic acids is 1. The standard InChI is InChI=1S/C13H17N3O2/c17-11-5-10(7-16(11)6-8-1-2-8)12-14-13(18-15-12)9-3-4-9/h8-10H,1-7H2. The third kappa shape index (κ3) is 1.91. The largest absolute Gasteiger partial charge is 0.342 e. The zero-order valence-electron chi connectivity index (χ0n) is 10.3. The van der Waals surface area contributed by atoms with Gasteiger partial charge in [0.15, 0.2) is 5.82 Å². The van der Waals surface area contributed by atoms with Gasteiger partial charge >= 0.3 is 0 Å². The van der Waals surface area contributed by atoms with Gasteiger partial charge in [0.05, 0.1) is 0 Å². The van der Waals surface area contributed by atoms with Crippen LogP contribution >= 0.6 is 0 Å². The first-order valence-electron chi connectivity index (χ1n) is 6.91. The van der Waals surface area contributed by atoms with Crippen LogP contribution in [0.15, 0.2) is 4.52 Å². The molecule has 1 atom stereocenters. The van der Waals surface area contributed by atoms with Crippen LogP contribution in [0.3, 0.4) is 0 Å². The third-order valence-electron chi connectivity index (χ3n) is 4.14. The molecule has 96 valence electrons. The number of carbonyl (C=O) groups is 1. The van der Waals surface area contributed by atoms with E-state index in [1.54, 1.807) is 0 Å². The van der Waals surface area contributed by atoms with Crippen molar-refractivity contribution in [2.45, 2.75) is 43.9 Å². The Kier molecular flexibility index (Phi) is 2.22. The molecule has 3 aliphatic rings. The quantitative estimate of drug-likeness (QED) is 0.812. The molecule has 5 heteroatoms. The molecule has 0 spiro atoms. The summed E-state index contributed by atoms with van der Waals surface area (Å²) >= 11 is 0. The molecule has 0 bridgehead atoms. The van der Waals surface area contributed by atoms with Gasteiger partial charge < -0.3 is 9.42 Å². The second-order valence-corrected chi connectivity index (χ2v) is 5.91. The predicted octanol–water partition coefficient (Wildman–Crippen LogP) is 1.67. The van der Waals surface area contributed by atoms with E-state index in [1.165, 1.54) is 25.7 Å². The molecule has 18 heavy (non-hydrogen) atoms. The minimum Gasteiger partial charge on any atom is -0.342 e. The normalized spacial score (nSPS) is 28.1. The fourth-order valence-electron chi connectivity index (χ4n) is 2.64. The first-order valence-corrected chi connectivity index (χ1v) is 6.91. The highest BCUT2D eigenvalue weighted by Gasteiger charge is 2.37. The number of amides is 1. The lowest BCUT2D eigenvalue weighted by Crippen LogP contribution is -2.27. The van der Waals surface area contributed by atoms with Crippen molar-refractivity contribution in [1.82, 2.24) is 15.0 Å². The van der Waals surface area contributed by atoms with E-state index >= 15 is 0 Å². The van der Waals surface area contributed by atoms with Crippen LogP contribution in [0.4, 0.5) is 0 Å². The number of nitrogens with zero attached hydrogens (tertiary/aromatic N) is 3. The Hall–Kier alpha value is -1.39. The van der Waals surface area contributed by atoms with Crippen LogP contribution in [0, 0.1) is 5.92 Å². The molecule has 1 aliphatic heterocycles. The molecule has 4 rings (SSSR count). The van der Waals surface area contributed by atoms with Crippen molar-refractivity contribution >= 4 is 5.91 Å². The molecule has 1 unspecified atom stereocenters. The van der Waals surface area contributed by atoms with Gasteiger partial charge in [0.2, 0.25) is 11.8 Å². The Bertz CT molecular complexity index is 476. The Morgan fingerprint density at radius 1 is 1.22 bits per heavy atom. The maximum Gasteiger partial charge on any atom is 0.229 e. The van der Waals surface area contributed by atoms with Gasteiger partial charge in [-0.25, -0.2) is 0 Å². The fraction of sp³-hybridized carbons (Fsp3) is 0.769. The Morgan fingerprint density at radius 3 is 2.78 bits per heavy atom. The average molecular weight is 247 g/mol. The van der Waals surface area contributed by atoms with Crippen molar-refractivity contribution in [1.29, 1.82) is 0 Å². The van der Waals surface area contributed by atoms with Crippen molar-refractivity contribution in [3.8, 4) is 0 Å². The molecular weight excluding hydrogens is 230 g/mol. The second-order valence-electron chi connectivity index (χ2n) is 5.91. The molecule has 0 N–H and O–H groups in total. The van der Waals surface area contributed by atoms with E-state index in [0.717, 1.165) is 30.7 Å². The lowest BCUT2D eigenvalue weighted by Gasteiger charge is -2.14. The molecule has 1 aromatic heterocycles. The van der Waals surface area contributed by atoms with Gasteiger partial charge in [0.1, 0.15) is 0 Å². The van der Waals surface area contributed by atoms with Crippen molar-refractivity contribution in [2.75, 3.05) is 13.1 Å². The van der Waals surface area contributed by atoms with E-state index in [2.05, 4.69) is 10.1 Å². The predicted molar refractivity (Wildman–Crippen MR) is 62.9 cm³/mol. The Balaban J connectivity index is 1.45. The molecule has 5 nitrogen and oxygen atoms in total. The molecule has 1 saturated heterocycles. The van der Waals surface area contributed by atoms with Crippen LogP contribution in [-0.2, 0) is 4.79 Å². The van der Waals surface area contributed by atoms with E-state index in [4.69, 9.17) is 4.52 Å². The maximum absolute atomic E-state index is 11.9. The van der Waals surface area contributed by atoms with Crippen LogP contribution < -0.4 is 0 Å². The summed E-state index contributed by atoms with van der Waals surface area (Å²) < 4.78 is 5.27. The van der Waals surface area contributed by atoms with E-state index < -0.39 is 0 Å². The summed E-state index contributed by atoms with van der Waals surface area (Å²) in [5.41, 5.74) is 0. The second kappa shape index (κ2) is 3.80. The summed E-state index contributed by atoms with van der Waals surface area (Å²) in [5.74, 6) is 3.16. The van der Waals surface area contributed by atoms with Crippen LogP contribution in [0.2, 0.25) is 0 Å². The Labute approximate surface area is 106 Å². The summed E-state index contributed by atoms with van der Waals surface area (Å²) in [7, 11) is 0. The summed E-state index contributed by atoms with van der Waals surface area (Å²) in [4.78, 5) is 18.4. The average Bonchev–Trinajstić information content (AvgIpc) is 3.27. The van der Waals surface area contributed by atoms with Gasteiger partial charge in [-0.05, 0) is 31.6 Å². The van der Waals surface area contributed by atoms with Gasteiger partial charge in [-0.15, -0.1) is 0 Å². The number of rotatable bonds is 4. The summed E-state index contributed by atoms with van der Waals surface area (Å²) in [6.07, 6.45) is 5.44. The van der Waals surface area contributed by atoms with E-state index in [-0.39, 0.29) is 11.8 Å². The van der Waals surface area contributed by atoms with Crippen molar-refractivity contribution in [3.05, 3.63) is 11.7 Å². The van der Waals surface area contributed by atoms with E-state index in [1.807, 2.05) is 4.90 Å². The molecule has 0 aromatic carbocycles. The van der Waals surface area contributed by atoms with E-state index in [9.17, 15) is 4.79 Å². The smallest absolute Gasteiger partial charge is 0.229 e. The van der Waals surface area contributed by atoms with Crippen LogP contribution in [0.25, 0.3) is 0 Å². The SMILES string of the molecule is O=C1CC(c2noc(C3CC3)n2)CN1CC1CC1. The zero-order valence-corrected chi connectivity index (χ0v) is 10.3. The molecule has 1 amide bonds. The Morgan fingerprint density at radius 2 is 2.06 bits per heavy atom. The minimum atomic E-state index is 0.146. The van der Waals surface area contributed by atoms with Gasteiger partial charge in [-0.1, -0.05) is 5.16 Å². The highest BCUT2D eigenvalue weighted by molar-refractivity contribution is 5.79. The summed E-state index contributed by atoms with van der Waals surface area (Å²) in [5, 5.41) is 4.06.